The maximum absolute atomic E-state index is 13.8. The van der Waals surface area contributed by atoms with Crippen LogP contribution in [0.25, 0.3) is 0 Å². The van der Waals surface area contributed by atoms with Crippen LogP contribution in [-0.4, -0.2) is 55.5 Å². The quantitative estimate of drug-likeness (QED) is 0.843. The molecule has 1 N–H and O–H groups in total. The molecule has 1 heterocycles. The highest BCUT2D eigenvalue weighted by molar-refractivity contribution is 5.92. The zero-order valence-corrected chi connectivity index (χ0v) is 15.3. The molecule has 144 valence electrons. The summed E-state index contributed by atoms with van der Waals surface area (Å²) in [6.07, 6.45) is 0. The van der Waals surface area contributed by atoms with Gasteiger partial charge in [-0.2, -0.15) is 0 Å². The molecule has 0 bridgehead atoms. The van der Waals surface area contributed by atoms with Crippen molar-refractivity contribution in [2.45, 2.75) is 6.54 Å². The van der Waals surface area contributed by atoms with E-state index in [1.54, 1.807) is 18.2 Å². The average Bonchev–Trinajstić information content (AvgIpc) is 2.63. The number of carbonyl (C=O) groups excluding carboxylic acids is 1. The highest BCUT2D eigenvalue weighted by Gasteiger charge is 2.19. The van der Waals surface area contributed by atoms with Gasteiger partial charge in [-0.15, -0.1) is 0 Å². The normalized spacial score (nSPS) is 15.5. The van der Waals surface area contributed by atoms with Gasteiger partial charge in [0.15, 0.2) is 11.6 Å². The molecule has 1 aliphatic heterocycles. The number of benzene rings is 2. The fourth-order valence-electron chi connectivity index (χ4n) is 3.14. The van der Waals surface area contributed by atoms with E-state index in [1.165, 1.54) is 25.3 Å². The minimum atomic E-state index is -0.378. The van der Waals surface area contributed by atoms with E-state index in [0.29, 0.717) is 12.2 Å². The van der Waals surface area contributed by atoms with Crippen LogP contribution in [0.15, 0.2) is 42.5 Å². The molecule has 1 saturated heterocycles. The number of halogens is 2. The Bertz CT molecular complexity index is 793. The molecule has 0 radical (unpaired) electrons. The fraction of sp³-hybridized carbons (Fsp3) is 0.350. The summed E-state index contributed by atoms with van der Waals surface area (Å²) >= 11 is 0. The van der Waals surface area contributed by atoms with Crippen LogP contribution >= 0.6 is 0 Å². The van der Waals surface area contributed by atoms with Gasteiger partial charge >= 0.3 is 0 Å². The van der Waals surface area contributed by atoms with Gasteiger partial charge in [0, 0.05) is 38.4 Å². The van der Waals surface area contributed by atoms with Crippen LogP contribution in [0, 0.1) is 11.6 Å². The van der Waals surface area contributed by atoms with Crippen LogP contribution in [0.3, 0.4) is 0 Å². The molecule has 27 heavy (non-hydrogen) atoms. The minimum absolute atomic E-state index is 0.161. The van der Waals surface area contributed by atoms with Crippen molar-refractivity contribution in [2.24, 2.45) is 0 Å². The van der Waals surface area contributed by atoms with Crippen molar-refractivity contribution in [2.75, 3.05) is 45.2 Å². The summed E-state index contributed by atoms with van der Waals surface area (Å²) < 4.78 is 31.9. The lowest BCUT2D eigenvalue weighted by atomic mass is 10.2. The van der Waals surface area contributed by atoms with Gasteiger partial charge in [0.05, 0.1) is 13.7 Å². The van der Waals surface area contributed by atoms with Gasteiger partial charge in [-0.3, -0.25) is 14.6 Å². The number of amides is 1. The highest BCUT2D eigenvalue weighted by atomic mass is 19.1. The van der Waals surface area contributed by atoms with Crippen LogP contribution in [0.1, 0.15) is 5.56 Å². The molecule has 3 rings (SSSR count). The van der Waals surface area contributed by atoms with Crippen LogP contribution in [0.4, 0.5) is 14.5 Å². The molecular formula is C20H23F2N3O2. The fourth-order valence-corrected chi connectivity index (χ4v) is 3.14. The second kappa shape index (κ2) is 8.92. The number of carbonyl (C=O) groups is 1. The number of hydrogen-bond donors (Lipinski definition) is 1. The third kappa shape index (κ3) is 5.48. The Labute approximate surface area is 157 Å². The van der Waals surface area contributed by atoms with E-state index in [1.807, 2.05) is 6.07 Å². The predicted octanol–water partition coefficient (Wildman–Crippen LogP) is 2.73. The lowest BCUT2D eigenvalue weighted by molar-refractivity contribution is -0.117. The Hall–Kier alpha value is -2.51. The van der Waals surface area contributed by atoms with Crippen LogP contribution in [0.5, 0.6) is 5.75 Å². The smallest absolute Gasteiger partial charge is 0.238 e. The van der Waals surface area contributed by atoms with Gasteiger partial charge < -0.3 is 10.1 Å². The number of hydrogen-bond acceptors (Lipinski definition) is 4. The standard InChI is InChI=1S/C20H23F2N3O2/c1-27-19-6-5-15(11-18(19)22)13-24-7-9-25(10-8-24)14-20(26)23-17-4-2-3-16(21)12-17/h2-6,11-12H,7-10,13-14H2,1H3,(H,23,26). The van der Waals surface area contributed by atoms with E-state index in [2.05, 4.69) is 15.1 Å². The van der Waals surface area contributed by atoms with Crippen LogP contribution in [0.2, 0.25) is 0 Å². The van der Waals surface area contributed by atoms with Gasteiger partial charge in [0.2, 0.25) is 5.91 Å². The van der Waals surface area contributed by atoms with E-state index >= 15 is 0 Å². The molecular weight excluding hydrogens is 352 g/mol. The third-order valence-electron chi connectivity index (χ3n) is 4.56. The largest absolute Gasteiger partial charge is 0.494 e. The van der Waals surface area contributed by atoms with Crippen molar-refractivity contribution in [1.82, 2.24) is 9.80 Å². The van der Waals surface area contributed by atoms with Crippen LogP contribution in [-0.2, 0) is 11.3 Å². The second-order valence-electron chi connectivity index (χ2n) is 6.58. The summed E-state index contributed by atoms with van der Waals surface area (Å²) in [5.41, 5.74) is 1.35. The number of nitrogens with one attached hydrogen (secondary N) is 1. The summed E-state index contributed by atoms with van der Waals surface area (Å²) in [6, 6.07) is 10.8. The Morgan fingerprint density at radius 1 is 1.07 bits per heavy atom. The van der Waals surface area contributed by atoms with Gasteiger partial charge in [-0.1, -0.05) is 12.1 Å². The summed E-state index contributed by atoms with van der Waals surface area (Å²) in [4.78, 5) is 16.4. The Kier molecular flexibility index (Phi) is 6.36. The first-order valence-corrected chi connectivity index (χ1v) is 8.86. The first-order chi connectivity index (χ1) is 13.0. The van der Waals surface area contributed by atoms with E-state index in [9.17, 15) is 13.6 Å². The van der Waals surface area contributed by atoms with E-state index in [0.717, 1.165) is 31.7 Å². The maximum Gasteiger partial charge on any atom is 0.238 e. The zero-order chi connectivity index (χ0) is 19.2. The monoisotopic (exact) mass is 375 g/mol. The van der Waals surface area contributed by atoms with E-state index in [4.69, 9.17) is 4.74 Å². The molecule has 0 saturated carbocycles. The second-order valence-corrected chi connectivity index (χ2v) is 6.58. The van der Waals surface area contributed by atoms with Gasteiger partial charge in [0.25, 0.3) is 0 Å². The molecule has 7 heteroatoms. The summed E-state index contributed by atoms with van der Waals surface area (Å²) in [5.74, 6) is -0.654. The van der Waals surface area contributed by atoms with E-state index in [-0.39, 0.29) is 29.8 Å². The minimum Gasteiger partial charge on any atom is -0.494 e. The Balaban J connectivity index is 1.44. The van der Waals surface area contributed by atoms with Crippen molar-refractivity contribution in [3.63, 3.8) is 0 Å². The van der Waals surface area contributed by atoms with Crippen molar-refractivity contribution in [3.05, 3.63) is 59.7 Å². The van der Waals surface area contributed by atoms with Gasteiger partial charge in [-0.05, 0) is 35.9 Å². The van der Waals surface area contributed by atoms with Gasteiger partial charge in [0.1, 0.15) is 5.82 Å². The number of ether oxygens (including phenoxy) is 1. The summed E-state index contributed by atoms with van der Waals surface area (Å²) in [7, 11) is 1.45. The Morgan fingerprint density at radius 2 is 1.81 bits per heavy atom. The number of anilines is 1. The topological polar surface area (TPSA) is 44.8 Å². The molecule has 0 spiro atoms. The van der Waals surface area contributed by atoms with Crippen molar-refractivity contribution < 1.29 is 18.3 Å². The first kappa shape index (κ1) is 19.3. The van der Waals surface area contributed by atoms with E-state index < -0.39 is 0 Å². The first-order valence-electron chi connectivity index (χ1n) is 8.86. The lowest BCUT2D eigenvalue weighted by Crippen LogP contribution is -2.48. The molecule has 1 amide bonds. The van der Waals surface area contributed by atoms with Crippen molar-refractivity contribution in [3.8, 4) is 5.75 Å². The average molecular weight is 375 g/mol. The predicted molar refractivity (Wildman–Crippen MR) is 99.7 cm³/mol. The molecule has 0 aromatic heterocycles. The molecule has 2 aromatic rings. The maximum atomic E-state index is 13.8. The number of rotatable bonds is 6. The molecule has 2 aromatic carbocycles. The number of nitrogens with zero attached hydrogens (tertiary/aromatic N) is 2. The molecule has 1 aliphatic rings. The SMILES string of the molecule is COc1ccc(CN2CCN(CC(=O)Nc3cccc(F)c3)CC2)cc1F. The number of piperazine rings is 1. The van der Waals surface area contributed by atoms with Crippen LogP contribution < -0.4 is 10.1 Å². The molecule has 0 atom stereocenters. The summed E-state index contributed by atoms with van der Waals surface area (Å²) in [6.45, 7) is 4.00. The molecule has 0 aliphatic carbocycles. The Morgan fingerprint density at radius 3 is 2.48 bits per heavy atom. The number of methoxy groups -OCH3 is 1. The molecule has 0 unspecified atom stereocenters. The van der Waals surface area contributed by atoms with Crippen molar-refractivity contribution >= 4 is 11.6 Å². The third-order valence-corrected chi connectivity index (χ3v) is 4.56. The van der Waals surface area contributed by atoms with Gasteiger partial charge in [-0.25, -0.2) is 8.78 Å². The highest BCUT2D eigenvalue weighted by Crippen LogP contribution is 2.19. The molecule has 5 nitrogen and oxygen atoms in total. The molecule has 1 fully saturated rings. The summed E-state index contributed by atoms with van der Waals surface area (Å²) in [5, 5.41) is 2.71. The zero-order valence-electron chi connectivity index (χ0n) is 15.3. The van der Waals surface area contributed by atoms with Crippen molar-refractivity contribution in [1.29, 1.82) is 0 Å². The lowest BCUT2D eigenvalue weighted by Gasteiger charge is -2.34.